The SMILES string of the molecule is O=C(Nc1cc(F)ccc1Br)c1cc(O)[nH]c(=O)c1. The van der Waals surface area contributed by atoms with Crippen molar-refractivity contribution >= 4 is 27.5 Å². The van der Waals surface area contributed by atoms with Gasteiger partial charge in [-0.3, -0.25) is 14.6 Å². The van der Waals surface area contributed by atoms with Crippen LogP contribution in [0.3, 0.4) is 0 Å². The summed E-state index contributed by atoms with van der Waals surface area (Å²) in [5.74, 6) is -1.56. The van der Waals surface area contributed by atoms with E-state index in [2.05, 4.69) is 26.2 Å². The first-order valence-corrected chi connectivity index (χ1v) is 5.95. The number of H-pyrrole nitrogens is 1. The number of aromatic nitrogens is 1. The summed E-state index contributed by atoms with van der Waals surface area (Å²) in [6.07, 6.45) is 0. The molecule has 98 valence electrons. The molecule has 0 aliphatic carbocycles. The second-order valence-corrected chi connectivity index (χ2v) is 4.55. The van der Waals surface area contributed by atoms with Crippen molar-refractivity contribution in [3.05, 3.63) is 56.5 Å². The van der Waals surface area contributed by atoms with E-state index in [1.54, 1.807) is 0 Å². The molecule has 0 aliphatic rings. The standard InChI is InChI=1S/C12H8BrFN2O3/c13-8-2-1-7(14)5-9(8)15-12(19)6-3-10(17)16-11(18)4-6/h1-5H,(H,15,19)(H2,16,17,18). The number of rotatable bonds is 2. The van der Waals surface area contributed by atoms with E-state index in [1.807, 2.05) is 0 Å². The summed E-state index contributed by atoms with van der Waals surface area (Å²) in [6.45, 7) is 0. The van der Waals surface area contributed by atoms with Crippen LogP contribution in [0.15, 0.2) is 39.6 Å². The third-order valence-electron chi connectivity index (χ3n) is 2.27. The van der Waals surface area contributed by atoms with E-state index in [0.29, 0.717) is 4.47 Å². The highest BCUT2D eigenvalue weighted by Crippen LogP contribution is 2.23. The number of aromatic hydroxyl groups is 1. The maximum Gasteiger partial charge on any atom is 0.256 e. The number of nitrogens with one attached hydrogen (secondary N) is 2. The van der Waals surface area contributed by atoms with Gasteiger partial charge in [-0.05, 0) is 34.1 Å². The second-order valence-electron chi connectivity index (χ2n) is 3.70. The van der Waals surface area contributed by atoms with Gasteiger partial charge in [0, 0.05) is 16.6 Å². The first-order chi connectivity index (χ1) is 8.95. The lowest BCUT2D eigenvalue weighted by Gasteiger charge is -2.07. The van der Waals surface area contributed by atoms with E-state index >= 15 is 0 Å². The first-order valence-electron chi connectivity index (χ1n) is 5.15. The Morgan fingerprint density at radius 2 is 2.05 bits per heavy atom. The molecule has 0 atom stereocenters. The minimum absolute atomic E-state index is 0.0302. The van der Waals surface area contributed by atoms with Crippen molar-refractivity contribution in [3.63, 3.8) is 0 Å². The summed E-state index contributed by atoms with van der Waals surface area (Å²) >= 11 is 3.16. The third kappa shape index (κ3) is 3.19. The predicted octanol–water partition coefficient (Wildman–Crippen LogP) is 2.23. The topological polar surface area (TPSA) is 82.2 Å². The average molecular weight is 327 g/mol. The molecule has 2 aromatic rings. The van der Waals surface area contributed by atoms with Crippen LogP contribution in [0, 0.1) is 5.82 Å². The Balaban J connectivity index is 2.30. The number of carbonyl (C=O) groups is 1. The lowest BCUT2D eigenvalue weighted by molar-refractivity contribution is 0.102. The number of pyridine rings is 1. The molecule has 0 spiro atoms. The van der Waals surface area contributed by atoms with Gasteiger partial charge >= 0.3 is 0 Å². The Hall–Kier alpha value is -2.15. The van der Waals surface area contributed by atoms with Gasteiger partial charge in [-0.2, -0.15) is 0 Å². The van der Waals surface area contributed by atoms with Crippen LogP contribution in [-0.4, -0.2) is 16.0 Å². The van der Waals surface area contributed by atoms with Crippen LogP contribution in [0.5, 0.6) is 5.88 Å². The molecule has 0 unspecified atom stereocenters. The zero-order valence-electron chi connectivity index (χ0n) is 9.41. The molecule has 1 aromatic heterocycles. The largest absolute Gasteiger partial charge is 0.494 e. The van der Waals surface area contributed by atoms with Gasteiger partial charge in [0.15, 0.2) is 5.88 Å². The molecule has 2 rings (SSSR count). The van der Waals surface area contributed by atoms with Gasteiger partial charge in [-0.1, -0.05) is 0 Å². The fourth-order valence-corrected chi connectivity index (χ4v) is 1.79. The molecule has 0 saturated carbocycles. The summed E-state index contributed by atoms with van der Waals surface area (Å²) in [7, 11) is 0. The Morgan fingerprint density at radius 1 is 1.32 bits per heavy atom. The van der Waals surface area contributed by atoms with Crippen molar-refractivity contribution < 1.29 is 14.3 Å². The fraction of sp³-hybridized carbons (Fsp3) is 0. The van der Waals surface area contributed by atoms with Gasteiger partial charge in [0.25, 0.3) is 11.5 Å². The van der Waals surface area contributed by atoms with Gasteiger partial charge in [0.2, 0.25) is 0 Å². The molecule has 5 nitrogen and oxygen atoms in total. The van der Waals surface area contributed by atoms with Crippen molar-refractivity contribution in [2.45, 2.75) is 0 Å². The molecule has 0 bridgehead atoms. The summed E-state index contributed by atoms with van der Waals surface area (Å²) in [4.78, 5) is 25.1. The van der Waals surface area contributed by atoms with E-state index in [0.717, 1.165) is 18.2 Å². The molecule has 1 aromatic carbocycles. The smallest absolute Gasteiger partial charge is 0.256 e. The van der Waals surface area contributed by atoms with Crippen LogP contribution in [0.2, 0.25) is 0 Å². The van der Waals surface area contributed by atoms with Gasteiger partial charge in [-0.25, -0.2) is 4.39 Å². The molecular formula is C12H8BrFN2O3. The van der Waals surface area contributed by atoms with E-state index in [4.69, 9.17) is 0 Å². The zero-order valence-corrected chi connectivity index (χ0v) is 11.0. The molecule has 0 radical (unpaired) electrons. The quantitative estimate of drug-likeness (QED) is 0.791. The number of benzene rings is 1. The molecule has 3 N–H and O–H groups in total. The Kier molecular flexibility index (Phi) is 3.66. The highest BCUT2D eigenvalue weighted by Gasteiger charge is 2.11. The van der Waals surface area contributed by atoms with Gasteiger partial charge in [-0.15, -0.1) is 0 Å². The van der Waals surface area contributed by atoms with Crippen LogP contribution in [0.1, 0.15) is 10.4 Å². The summed E-state index contributed by atoms with van der Waals surface area (Å²) in [6, 6.07) is 5.94. The molecule has 7 heteroatoms. The zero-order chi connectivity index (χ0) is 14.0. The van der Waals surface area contributed by atoms with Crippen LogP contribution in [-0.2, 0) is 0 Å². The maximum atomic E-state index is 13.1. The monoisotopic (exact) mass is 326 g/mol. The Bertz CT molecular complexity index is 700. The van der Waals surface area contributed by atoms with Crippen LogP contribution in [0.25, 0.3) is 0 Å². The van der Waals surface area contributed by atoms with Crippen molar-refractivity contribution in [3.8, 4) is 5.88 Å². The van der Waals surface area contributed by atoms with E-state index in [1.165, 1.54) is 12.1 Å². The van der Waals surface area contributed by atoms with Crippen LogP contribution >= 0.6 is 15.9 Å². The second kappa shape index (κ2) is 5.23. The normalized spacial score (nSPS) is 10.2. The number of amides is 1. The summed E-state index contributed by atoms with van der Waals surface area (Å²) in [5, 5.41) is 11.6. The molecular weight excluding hydrogens is 319 g/mol. The number of hydrogen-bond acceptors (Lipinski definition) is 3. The highest BCUT2D eigenvalue weighted by atomic mass is 79.9. The Labute approximate surface area is 115 Å². The van der Waals surface area contributed by atoms with E-state index < -0.39 is 23.2 Å². The van der Waals surface area contributed by atoms with Crippen molar-refractivity contribution in [2.24, 2.45) is 0 Å². The molecule has 1 amide bonds. The molecule has 0 aliphatic heterocycles. The lowest BCUT2D eigenvalue weighted by atomic mass is 10.2. The third-order valence-corrected chi connectivity index (χ3v) is 2.96. The van der Waals surface area contributed by atoms with Crippen LogP contribution in [0.4, 0.5) is 10.1 Å². The van der Waals surface area contributed by atoms with Crippen molar-refractivity contribution in [2.75, 3.05) is 5.32 Å². The number of carbonyl (C=O) groups excluding carboxylic acids is 1. The summed E-state index contributed by atoms with van der Waals surface area (Å²) in [5.41, 5.74) is -0.411. The maximum absolute atomic E-state index is 13.1. The molecule has 1 heterocycles. The number of halogens is 2. The highest BCUT2D eigenvalue weighted by molar-refractivity contribution is 9.10. The van der Waals surface area contributed by atoms with Crippen molar-refractivity contribution in [1.29, 1.82) is 0 Å². The minimum atomic E-state index is -0.632. The van der Waals surface area contributed by atoms with Gasteiger partial charge in [0.1, 0.15) is 5.82 Å². The number of anilines is 1. The predicted molar refractivity (Wildman–Crippen MR) is 70.8 cm³/mol. The number of hydrogen-bond donors (Lipinski definition) is 3. The Morgan fingerprint density at radius 3 is 2.74 bits per heavy atom. The minimum Gasteiger partial charge on any atom is -0.494 e. The first kappa shape index (κ1) is 13.3. The molecule has 0 saturated heterocycles. The summed E-state index contributed by atoms with van der Waals surface area (Å²) < 4.78 is 13.6. The lowest BCUT2D eigenvalue weighted by Crippen LogP contribution is -2.16. The van der Waals surface area contributed by atoms with Crippen molar-refractivity contribution in [1.82, 2.24) is 4.98 Å². The van der Waals surface area contributed by atoms with Crippen LogP contribution < -0.4 is 10.9 Å². The van der Waals surface area contributed by atoms with E-state index in [9.17, 15) is 19.1 Å². The average Bonchev–Trinajstić information content (AvgIpc) is 2.32. The van der Waals surface area contributed by atoms with Gasteiger partial charge in [0.05, 0.1) is 11.3 Å². The molecule has 19 heavy (non-hydrogen) atoms. The molecule has 0 fully saturated rings. The number of aromatic amines is 1. The van der Waals surface area contributed by atoms with Gasteiger partial charge < -0.3 is 10.4 Å². The fourth-order valence-electron chi connectivity index (χ4n) is 1.45. The van der Waals surface area contributed by atoms with E-state index in [-0.39, 0.29) is 11.3 Å².